The molecule has 0 spiro atoms. The van der Waals surface area contributed by atoms with E-state index in [2.05, 4.69) is 4.26 Å². The molecule has 0 saturated carbocycles. The van der Waals surface area contributed by atoms with Crippen molar-refractivity contribution in [2.24, 2.45) is 0 Å². The van der Waals surface area contributed by atoms with Crippen LogP contribution in [0, 0.1) is 0 Å². The molecule has 0 heterocycles. The fourth-order valence-corrected chi connectivity index (χ4v) is 0.642. The van der Waals surface area contributed by atoms with E-state index in [-0.39, 0.29) is 0 Å². The molecule has 0 fully saturated rings. The van der Waals surface area contributed by atoms with E-state index in [4.69, 9.17) is 0 Å². The molecule has 2 rings (SSSR count). The summed E-state index contributed by atoms with van der Waals surface area (Å²) >= 11 is 1.06. The molecule has 0 bridgehead atoms. The SMILES string of the molecule is [CH2]=[Hf+2].c1cc[cH-]c1.c1cc[cH-]c1. The normalized spacial score (nSPS) is 7.17. The Bertz CT molecular complexity index is 157. The van der Waals surface area contributed by atoms with Crippen LogP contribution in [0.2, 0.25) is 0 Å². The van der Waals surface area contributed by atoms with Gasteiger partial charge in [0.1, 0.15) is 0 Å². The van der Waals surface area contributed by atoms with Gasteiger partial charge in [-0.05, 0) is 0 Å². The van der Waals surface area contributed by atoms with Crippen LogP contribution in [-0.2, 0) is 23.9 Å². The maximum Gasteiger partial charge on any atom is -0.172 e. The van der Waals surface area contributed by atoms with Crippen molar-refractivity contribution in [2.45, 2.75) is 0 Å². The molecular weight excluding hydrogens is 311 g/mol. The van der Waals surface area contributed by atoms with Gasteiger partial charge in [0.2, 0.25) is 0 Å². The predicted molar refractivity (Wildman–Crippen MR) is 51.2 cm³/mol. The molecule has 0 aliphatic rings. The fraction of sp³-hybridized carbons (Fsp3) is 0. The Morgan fingerprint density at radius 2 is 0.917 bits per heavy atom. The van der Waals surface area contributed by atoms with Crippen LogP contribution in [-0.4, -0.2) is 4.26 Å². The van der Waals surface area contributed by atoms with Gasteiger partial charge in [-0.25, -0.2) is 24.3 Å². The van der Waals surface area contributed by atoms with E-state index >= 15 is 0 Å². The molecule has 12 heavy (non-hydrogen) atoms. The Balaban J connectivity index is 0.000000168. The molecule has 0 N–H and O–H groups in total. The molecule has 0 aliphatic heterocycles. The molecule has 2 aromatic rings. The molecule has 0 aromatic heterocycles. The van der Waals surface area contributed by atoms with Crippen LogP contribution in [0.3, 0.4) is 0 Å². The van der Waals surface area contributed by atoms with Gasteiger partial charge < -0.3 is 0 Å². The van der Waals surface area contributed by atoms with E-state index in [1.807, 2.05) is 60.7 Å². The summed E-state index contributed by atoms with van der Waals surface area (Å²) in [6.45, 7) is 0. The van der Waals surface area contributed by atoms with E-state index in [0.29, 0.717) is 0 Å². The summed E-state index contributed by atoms with van der Waals surface area (Å²) in [5.74, 6) is 0. The average molecular weight is 323 g/mol. The molecule has 0 aliphatic carbocycles. The number of hydrogen-bond acceptors (Lipinski definition) is 0. The minimum absolute atomic E-state index is 1.06. The van der Waals surface area contributed by atoms with Gasteiger partial charge in [0.05, 0.1) is 0 Å². The first-order valence-electron chi connectivity index (χ1n) is 3.69. The van der Waals surface area contributed by atoms with Crippen LogP contribution in [0.25, 0.3) is 0 Å². The minimum atomic E-state index is 1.06. The topological polar surface area (TPSA) is 0 Å². The number of hydrogen-bond donors (Lipinski definition) is 0. The van der Waals surface area contributed by atoms with Gasteiger partial charge in [-0.1, -0.05) is 0 Å². The molecule has 0 atom stereocenters. The minimum Gasteiger partial charge on any atom is -0.214 e. The largest absolute Gasteiger partial charge is 0.214 e. The second kappa shape index (κ2) is 10.4. The third-order valence-electron chi connectivity index (χ3n) is 1.11. The molecule has 0 nitrogen and oxygen atoms in total. The summed E-state index contributed by atoms with van der Waals surface area (Å²) in [4.78, 5) is 0. The monoisotopic (exact) mass is 324 g/mol. The van der Waals surface area contributed by atoms with Crippen molar-refractivity contribution in [3.8, 4) is 0 Å². The maximum atomic E-state index is 3.39. The second-order valence-electron chi connectivity index (χ2n) is 1.92. The van der Waals surface area contributed by atoms with Crippen LogP contribution in [0.15, 0.2) is 60.7 Å². The molecule has 60 valence electrons. The van der Waals surface area contributed by atoms with Crippen molar-refractivity contribution in [1.82, 2.24) is 0 Å². The van der Waals surface area contributed by atoms with E-state index in [9.17, 15) is 0 Å². The van der Waals surface area contributed by atoms with E-state index in [1.165, 1.54) is 0 Å². The standard InChI is InChI=1S/2C5H5.CH2.Hf/c2*1-2-4-5-3-1;;/h2*1-5H;1H2;/q2*-1;;+2. The van der Waals surface area contributed by atoms with Gasteiger partial charge >= 0.3 is 28.2 Å². The zero-order valence-corrected chi connectivity index (χ0v) is 10.6. The zero-order chi connectivity index (χ0) is 9.07. The van der Waals surface area contributed by atoms with E-state index in [0.717, 1.165) is 23.9 Å². The molecule has 1 heteroatoms. The Hall–Kier alpha value is -0.560. The molecule has 0 saturated heterocycles. The molecule has 0 radical (unpaired) electrons. The van der Waals surface area contributed by atoms with E-state index < -0.39 is 0 Å². The molecule has 0 amide bonds. The zero-order valence-electron chi connectivity index (χ0n) is 6.98. The summed E-state index contributed by atoms with van der Waals surface area (Å²) in [5, 5.41) is 0. The van der Waals surface area contributed by atoms with E-state index in [1.54, 1.807) is 0 Å². The van der Waals surface area contributed by atoms with Gasteiger partial charge in [0, 0.05) is 0 Å². The van der Waals surface area contributed by atoms with Crippen LogP contribution in [0.1, 0.15) is 0 Å². The quantitative estimate of drug-likeness (QED) is 0.517. The predicted octanol–water partition coefficient (Wildman–Crippen LogP) is 2.78. The second-order valence-corrected chi connectivity index (χ2v) is 1.92. The molecular formula is C11H12Hf. The Kier molecular flexibility index (Phi) is 9.95. The van der Waals surface area contributed by atoms with Crippen molar-refractivity contribution < 1.29 is 23.9 Å². The average Bonchev–Trinajstić information content (AvgIpc) is 2.87. The van der Waals surface area contributed by atoms with Crippen LogP contribution < -0.4 is 0 Å². The van der Waals surface area contributed by atoms with Gasteiger partial charge in [0.15, 0.2) is 0 Å². The first-order valence-corrected chi connectivity index (χ1v) is 6.23. The van der Waals surface area contributed by atoms with Crippen molar-refractivity contribution in [2.75, 3.05) is 0 Å². The molecule has 0 unspecified atom stereocenters. The van der Waals surface area contributed by atoms with Crippen molar-refractivity contribution in [1.29, 1.82) is 0 Å². The third-order valence-corrected chi connectivity index (χ3v) is 1.11. The Morgan fingerprint density at radius 1 is 0.667 bits per heavy atom. The Labute approximate surface area is 88.6 Å². The molecule has 2 aromatic carbocycles. The van der Waals surface area contributed by atoms with Gasteiger partial charge in [0.25, 0.3) is 0 Å². The summed E-state index contributed by atoms with van der Waals surface area (Å²) in [5.41, 5.74) is 0. The Morgan fingerprint density at radius 3 is 1.00 bits per heavy atom. The van der Waals surface area contributed by atoms with Crippen molar-refractivity contribution in [3.63, 3.8) is 0 Å². The summed E-state index contributed by atoms with van der Waals surface area (Å²) in [6, 6.07) is 20.0. The first-order chi connectivity index (χ1) is 6.00. The van der Waals surface area contributed by atoms with Gasteiger partial charge in [-0.3, -0.25) is 0 Å². The smallest absolute Gasteiger partial charge is 0.172 e. The summed E-state index contributed by atoms with van der Waals surface area (Å²) in [6.07, 6.45) is 0. The van der Waals surface area contributed by atoms with Crippen LogP contribution >= 0.6 is 0 Å². The number of rotatable bonds is 0. The van der Waals surface area contributed by atoms with Crippen molar-refractivity contribution >= 4 is 4.26 Å². The fourth-order valence-electron chi connectivity index (χ4n) is 0.642. The maximum absolute atomic E-state index is 3.39. The van der Waals surface area contributed by atoms with Crippen molar-refractivity contribution in [3.05, 3.63) is 60.7 Å². The third kappa shape index (κ3) is 7.55. The van der Waals surface area contributed by atoms with Crippen LogP contribution in [0.5, 0.6) is 0 Å². The summed E-state index contributed by atoms with van der Waals surface area (Å²) in [7, 11) is 0. The summed E-state index contributed by atoms with van der Waals surface area (Å²) < 4.78 is 3.39. The van der Waals surface area contributed by atoms with Gasteiger partial charge in [-0.2, -0.15) is 36.4 Å². The van der Waals surface area contributed by atoms with Crippen LogP contribution in [0.4, 0.5) is 0 Å². The first kappa shape index (κ1) is 11.4. The van der Waals surface area contributed by atoms with Gasteiger partial charge in [-0.15, -0.1) is 0 Å².